The van der Waals surface area contributed by atoms with Crippen molar-refractivity contribution in [1.82, 2.24) is 0 Å². The van der Waals surface area contributed by atoms with Crippen LogP contribution < -0.4 is 0 Å². The van der Waals surface area contributed by atoms with Gasteiger partial charge < -0.3 is 19.3 Å². The second kappa shape index (κ2) is 7.60. The lowest BCUT2D eigenvalue weighted by atomic mass is 9.79. The van der Waals surface area contributed by atoms with E-state index < -0.39 is 0 Å². The molecule has 1 fully saturated rings. The van der Waals surface area contributed by atoms with E-state index in [-0.39, 0.29) is 18.5 Å². The molecule has 1 saturated carbocycles. The second-order valence-corrected chi connectivity index (χ2v) is 4.06. The zero-order valence-corrected chi connectivity index (χ0v) is 10.4. The van der Waals surface area contributed by atoms with Crippen LogP contribution in [0.25, 0.3) is 0 Å². The molecule has 0 radical (unpaired) electrons. The van der Waals surface area contributed by atoms with Gasteiger partial charge in [0.1, 0.15) is 0 Å². The average molecular weight is 234 g/mol. The van der Waals surface area contributed by atoms with Gasteiger partial charge in [-0.2, -0.15) is 0 Å². The maximum Gasteiger partial charge on any atom is 0.293 e. The van der Waals surface area contributed by atoms with Crippen LogP contribution in [0.2, 0.25) is 0 Å². The predicted molar refractivity (Wildman–Crippen MR) is 58.8 cm³/mol. The van der Waals surface area contributed by atoms with Gasteiger partial charge in [-0.3, -0.25) is 4.79 Å². The lowest BCUT2D eigenvalue weighted by Crippen LogP contribution is -2.48. The van der Waals surface area contributed by atoms with Crippen molar-refractivity contribution in [3.8, 4) is 0 Å². The second-order valence-electron chi connectivity index (χ2n) is 4.06. The molecule has 0 spiro atoms. The SMILES string of the molecule is CC(C)OC=O.COC1(OC)CC(CO)C1. The molecule has 0 atom stereocenters. The predicted octanol–water partition coefficient (Wildman–Crippen LogP) is 0.946. The molecule has 0 aromatic carbocycles. The summed E-state index contributed by atoms with van der Waals surface area (Å²) in [7, 11) is 3.27. The minimum atomic E-state index is -0.382. The van der Waals surface area contributed by atoms with Crippen LogP contribution in [0, 0.1) is 5.92 Å². The fourth-order valence-corrected chi connectivity index (χ4v) is 1.48. The third-order valence-corrected chi connectivity index (χ3v) is 2.53. The molecule has 0 aromatic heterocycles. The number of rotatable bonds is 5. The van der Waals surface area contributed by atoms with Gasteiger partial charge in [0, 0.05) is 33.7 Å². The molecule has 1 N–H and O–H groups in total. The summed E-state index contributed by atoms with van der Waals surface area (Å²) < 4.78 is 14.6. The monoisotopic (exact) mass is 234 g/mol. The van der Waals surface area contributed by atoms with Gasteiger partial charge >= 0.3 is 0 Å². The van der Waals surface area contributed by atoms with Crippen LogP contribution in [0.1, 0.15) is 26.7 Å². The first kappa shape index (κ1) is 15.3. The Kier molecular flexibility index (Phi) is 7.29. The topological polar surface area (TPSA) is 65.0 Å². The van der Waals surface area contributed by atoms with Crippen molar-refractivity contribution in [2.45, 2.75) is 38.6 Å². The largest absolute Gasteiger partial charge is 0.465 e. The van der Waals surface area contributed by atoms with Crippen LogP contribution in [0.3, 0.4) is 0 Å². The van der Waals surface area contributed by atoms with Crippen molar-refractivity contribution in [3.05, 3.63) is 0 Å². The number of hydrogen-bond donors (Lipinski definition) is 1. The lowest BCUT2D eigenvalue weighted by molar-refractivity contribution is -0.273. The van der Waals surface area contributed by atoms with Crippen LogP contribution in [0.5, 0.6) is 0 Å². The van der Waals surface area contributed by atoms with Gasteiger partial charge in [-0.1, -0.05) is 0 Å². The third-order valence-electron chi connectivity index (χ3n) is 2.53. The smallest absolute Gasteiger partial charge is 0.293 e. The molecule has 0 bridgehead atoms. The quantitative estimate of drug-likeness (QED) is 0.566. The molecule has 5 nitrogen and oxygen atoms in total. The zero-order valence-electron chi connectivity index (χ0n) is 10.4. The molecule has 0 aromatic rings. The summed E-state index contributed by atoms with van der Waals surface area (Å²) in [6.45, 7) is 4.29. The van der Waals surface area contributed by atoms with Crippen LogP contribution >= 0.6 is 0 Å². The molecule has 1 rings (SSSR count). The molecular formula is C11H22O5. The molecule has 16 heavy (non-hydrogen) atoms. The van der Waals surface area contributed by atoms with Crippen LogP contribution in [0.4, 0.5) is 0 Å². The molecule has 1 aliphatic carbocycles. The van der Waals surface area contributed by atoms with Crippen LogP contribution in [-0.4, -0.2) is 44.3 Å². The van der Waals surface area contributed by atoms with Crippen molar-refractivity contribution in [2.24, 2.45) is 5.92 Å². The summed E-state index contributed by atoms with van der Waals surface area (Å²) in [6, 6.07) is 0. The maximum absolute atomic E-state index is 9.39. The highest BCUT2D eigenvalue weighted by Gasteiger charge is 2.44. The normalized spacial score (nSPS) is 18.4. The molecule has 96 valence electrons. The Bertz CT molecular complexity index is 181. The molecular weight excluding hydrogens is 212 g/mol. The average Bonchev–Trinajstić information content (AvgIpc) is 2.19. The van der Waals surface area contributed by atoms with E-state index in [4.69, 9.17) is 14.6 Å². The Morgan fingerprint density at radius 2 is 1.88 bits per heavy atom. The van der Waals surface area contributed by atoms with Gasteiger partial charge in [-0.25, -0.2) is 0 Å². The number of methoxy groups -OCH3 is 2. The van der Waals surface area contributed by atoms with E-state index in [2.05, 4.69) is 4.74 Å². The molecule has 1 aliphatic rings. The Balaban J connectivity index is 0.000000325. The summed E-state index contributed by atoms with van der Waals surface area (Å²) in [5.41, 5.74) is 0. The lowest BCUT2D eigenvalue weighted by Gasteiger charge is -2.44. The highest BCUT2D eigenvalue weighted by molar-refractivity contribution is 5.37. The van der Waals surface area contributed by atoms with Crippen LogP contribution in [-0.2, 0) is 19.0 Å². The van der Waals surface area contributed by atoms with Crippen molar-refractivity contribution < 1.29 is 24.1 Å². The molecule has 0 unspecified atom stereocenters. The standard InChI is InChI=1S/C7H14O3.C4H8O2/c1-9-7(10-2)3-6(4-7)5-8;1-4(2)6-3-5/h6,8H,3-5H2,1-2H3;3-4H,1-2H3. The van der Waals surface area contributed by atoms with Crippen molar-refractivity contribution in [3.63, 3.8) is 0 Å². The molecule has 0 amide bonds. The molecule has 0 heterocycles. The van der Waals surface area contributed by atoms with Crippen molar-refractivity contribution in [1.29, 1.82) is 0 Å². The number of hydrogen-bond acceptors (Lipinski definition) is 5. The number of aliphatic hydroxyl groups excluding tert-OH is 1. The number of carbonyl (C=O) groups excluding carboxylic acids is 1. The summed E-state index contributed by atoms with van der Waals surface area (Å²) in [5, 5.41) is 8.70. The Labute approximate surface area is 96.7 Å². The maximum atomic E-state index is 9.39. The fourth-order valence-electron chi connectivity index (χ4n) is 1.48. The van der Waals surface area contributed by atoms with Gasteiger partial charge in [0.05, 0.1) is 6.10 Å². The molecule has 0 saturated heterocycles. The summed E-state index contributed by atoms with van der Waals surface area (Å²) in [6.07, 6.45) is 1.66. The van der Waals surface area contributed by atoms with E-state index in [9.17, 15) is 4.79 Å². The first-order valence-corrected chi connectivity index (χ1v) is 5.33. The highest BCUT2D eigenvalue weighted by Crippen LogP contribution is 2.40. The third kappa shape index (κ3) is 4.92. The first-order valence-electron chi connectivity index (χ1n) is 5.33. The van der Waals surface area contributed by atoms with Gasteiger partial charge in [0.25, 0.3) is 6.47 Å². The Morgan fingerprint density at radius 1 is 1.38 bits per heavy atom. The van der Waals surface area contributed by atoms with Gasteiger partial charge in [0.15, 0.2) is 5.79 Å². The van der Waals surface area contributed by atoms with E-state index >= 15 is 0 Å². The highest BCUT2D eigenvalue weighted by atomic mass is 16.7. The van der Waals surface area contributed by atoms with E-state index in [1.165, 1.54) is 0 Å². The summed E-state index contributed by atoms with van der Waals surface area (Å²) in [4.78, 5) is 9.39. The minimum absolute atomic E-state index is 0.0301. The van der Waals surface area contributed by atoms with E-state index in [0.29, 0.717) is 12.4 Å². The van der Waals surface area contributed by atoms with Gasteiger partial charge in [0.2, 0.25) is 0 Å². The van der Waals surface area contributed by atoms with E-state index in [1.54, 1.807) is 28.1 Å². The number of ether oxygens (including phenoxy) is 3. The molecule has 0 aliphatic heterocycles. The van der Waals surface area contributed by atoms with Crippen molar-refractivity contribution >= 4 is 6.47 Å². The van der Waals surface area contributed by atoms with E-state index in [0.717, 1.165) is 12.8 Å². The molecule has 5 heteroatoms. The first-order chi connectivity index (χ1) is 7.53. The van der Waals surface area contributed by atoms with Crippen molar-refractivity contribution in [2.75, 3.05) is 20.8 Å². The summed E-state index contributed by atoms with van der Waals surface area (Å²) >= 11 is 0. The van der Waals surface area contributed by atoms with Crippen LogP contribution in [0.15, 0.2) is 0 Å². The summed E-state index contributed by atoms with van der Waals surface area (Å²) in [5.74, 6) is -0.00664. The Hall–Kier alpha value is -0.650. The van der Waals surface area contributed by atoms with Gasteiger partial charge in [-0.05, 0) is 19.8 Å². The Morgan fingerprint density at radius 3 is 2.06 bits per heavy atom. The van der Waals surface area contributed by atoms with Gasteiger partial charge in [-0.15, -0.1) is 0 Å². The number of carbonyl (C=O) groups is 1. The van der Waals surface area contributed by atoms with E-state index in [1.807, 2.05) is 0 Å². The number of aliphatic hydroxyl groups is 1. The fraction of sp³-hybridized carbons (Fsp3) is 0.909. The zero-order chi connectivity index (χ0) is 12.6. The minimum Gasteiger partial charge on any atom is -0.465 e.